The summed E-state index contributed by atoms with van der Waals surface area (Å²) in [6.07, 6.45) is 1.60. The van der Waals surface area contributed by atoms with Crippen LogP contribution in [-0.4, -0.2) is 34.8 Å². The van der Waals surface area contributed by atoms with Gasteiger partial charge in [-0.3, -0.25) is 9.69 Å². The van der Waals surface area contributed by atoms with Gasteiger partial charge in [0.15, 0.2) is 0 Å². The van der Waals surface area contributed by atoms with Crippen LogP contribution in [0.1, 0.15) is 57.8 Å². The molecule has 0 saturated heterocycles. The molecule has 1 heterocycles. The normalized spacial score (nSPS) is 18.9. The monoisotopic (exact) mass is 518 g/mol. The highest BCUT2D eigenvalue weighted by Gasteiger charge is 2.37. The second-order valence-electron chi connectivity index (χ2n) is 11.2. The Kier molecular flexibility index (Phi) is 7.05. The van der Waals surface area contributed by atoms with Crippen molar-refractivity contribution in [3.05, 3.63) is 142 Å². The second kappa shape index (κ2) is 10.8. The van der Waals surface area contributed by atoms with E-state index in [0.717, 1.165) is 19.4 Å². The first kappa shape index (κ1) is 25.5. The van der Waals surface area contributed by atoms with E-state index in [2.05, 4.69) is 91.5 Å². The van der Waals surface area contributed by atoms with Crippen molar-refractivity contribution in [1.29, 1.82) is 0 Å². The molecule has 3 nitrogen and oxygen atoms in total. The molecule has 1 amide bonds. The number of hydrogen-bond acceptors (Lipinski definition) is 2. The van der Waals surface area contributed by atoms with Crippen molar-refractivity contribution in [2.45, 2.75) is 51.2 Å². The number of rotatable bonds is 6. The molecule has 0 fully saturated rings. The molecule has 39 heavy (non-hydrogen) atoms. The summed E-state index contributed by atoms with van der Waals surface area (Å²) in [5.74, 6) is 0.107. The summed E-state index contributed by atoms with van der Waals surface area (Å²) in [4.78, 5) is 18.6. The summed E-state index contributed by atoms with van der Waals surface area (Å²) >= 11 is 0. The highest BCUT2D eigenvalue weighted by Crippen LogP contribution is 2.41. The highest BCUT2D eigenvalue weighted by molar-refractivity contribution is 5.79. The lowest BCUT2D eigenvalue weighted by Gasteiger charge is -2.42. The van der Waals surface area contributed by atoms with Gasteiger partial charge in [0.1, 0.15) is 5.82 Å². The standard InChI is InChI=1S/C35H35FN2O/c1-24-11-3-7-16-31(24)35-32-17-9-8-15-30(32)25(2)21-37(35)23-34(39)38(22-28-14-6-10-18-33(28)36)29-19-26-12-4-5-13-27(26)20-29/h3-18,25,29,35H,19-23H2,1-2H3/t25-,35?/m0/s1. The Bertz CT molecular complexity index is 1470. The SMILES string of the molecule is Cc1ccccc1C1c2ccccc2[C@@H](C)CN1CC(=O)N(Cc1ccccc1F)C1Cc2ccccc2C1. The predicted molar refractivity (Wildman–Crippen MR) is 154 cm³/mol. The number of aryl methyl sites for hydroxylation is 1. The number of carbonyl (C=O) groups is 1. The number of hydrogen-bond donors (Lipinski definition) is 0. The van der Waals surface area contributed by atoms with Gasteiger partial charge in [-0.1, -0.05) is 97.9 Å². The zero-order valence-corrected chi connectivity index (χ0v) is 22.7. The molecule has 4 aromatic rings. The molecule has 0 aromatic heterocycles. The Labute approximate surface area is 230 Å². The first-order valence-corrected chi connectivity index (χ1v) is 14.0. The van der Waals surface area contributed by atoms with Gasteiger partial charge in [-0.2, -0.15) is 0 Å². The molecule has 6 rings (SSSR count). The zero-order valence-electron chi connectivity index (χ0n) is 22.7. The predicted octanol–water partition coefficient (Wildman–Crippen LogP) is 6.84. The first-order valence-electron chi connectivity index (χ1n) is 14.0. The molecule has 1 aliphatic carbocycles. The zero-order chi connectivity index (χ0) is 26.9. The van der Waals surface area contributed by atoms with Crippen LogP contribution in [0.3, 0.4) is 0 Å². The molecule has 1 aliphatic heterocycles. The topological polar surface area (TPSA) is 23.6 Å². The van der Waals surface area contributed by atoms with Crippen LogP contribution in [0.5, 0.6) is 0 Å². The average molecular weight is 519 g/mol. The molecule has 4 heteroatoms. The first-order chi connectivity index (χ1) is 19.0. The number of halogens is 1. The number of nitrogens with zero attached hydrogens (tertiary/aromatic N) is 2. The van der Waals surface area contributed by atoms with Crippen LogP contribution >= 0.6 is 0 Å². The van der Waals surface area contributed by atoms with Gasteiger partial charge in [-0.15, -0.1) is 0 Å². The van der Waals surface area contributed by atoms with Gasteiger partial charge in [0.25, 0.3) is 0 Å². The van der Waals surface area contributed by atoms with Crippen molar-refractivity contribution in [1.82, 2.24) is 9.80 Å². The van der Waals surface area contributed by atoms with Crippen LogP contribution < -0.4 is 0 Å². The van der Waals surface area contributed by atoms with E-state index in [1.54, 1.807) is 12.1 Å². The third kappa shape index (κ3) is 5.02. The lowest BCUT2D eigenvalue weighted by atomic mass is 9.82. The molecule has 0 saturated carbocycles. The van der Waals surface area contributed by atoms with Gasteiger partial charge in [-0.25, -0.2) is 4.39 Å². The van der Waals surface area contributed by atoms with Crippen molar-refractivity contribution in [2.24, 2.45) is 0 Å². The Morgan fingerprint density at radius 3 is 2.10 bits per heavy atom. The van der Waals surface area contributed by atoms with E-state index in [1.807, 2.05) is 11.0 Å². The maximum Gasteiger partial charge on any atom is 0.237 e. The molecule has 2 aliphatic rings. The Morgan fingerprint density at radius 1 is 0.821 bits per heavy atom. The lowest BCUT2D eigenvalue weighted by Crippen LogP contribution is -2.48. The Balaban J connectivity index is 1.34. The molecular weight excluding hydrogens is 483 g/mol. The third-order valence-corrected chi connectivity index (χ3v) is 8.61. The average Bonchev–Trinajstić information content (AvgIpc) is 3.37. The molecule has 198 valence electrons. The van der Waals surface area contributed by atoms with E-state index < -0.39 is 0 Å². The van der Waals surface area contributed by atoms with Gasteiger partial charge < -0.3 is 4.90 Å². The second-order valence-corrected chi connectivity index (χ2v) is 11.2. The maximum atomic E-state index is 14.8. The minimum atomic E-state index is -0.260. The fourth-order valence-corrected chi connectivity index (χ4v) is 6.63. The number of amides is 1. The molecule has 0 radical (unpaired) electrons. The molecular formula is C35H35FN2O. The third-order valence-electron chi connectivity index (χ3n) is 8.61. The van der Waals surface area contributed by atoms with Crippen LogP contribution in [0.25, 0.3) is 0 Å². The molecule has 1 unspecified atom stereocenters. The van der Waals surface area contributed by atoms with Crippen molar-refractivity contribution in [3.63, 3.8) is 0 Å². The summed E-state index contributed by atoms with van der Waals surface area (Å²) in [6.45, 7) is 5.75. The van der Waals surface area contributed by atoms with Gasteiger partial charge in [0.05, 0.1) is 12.6 Å². The van der Waals surface area contributed by atoms with Crippen molar-refractivity contribution in [3.8, 4) is 0 Å². The summed E-state index contributed by atoms with van der Waals surface area (Å²) in [5.41, 5.74) is 8.21. The van der Waals surface area contributed by atoms with Gasteiger partial charge in [-0.05, 0) is 65.1 Å². The maximum absolute atomic E-state index is 14.8. The van der Waals surface area contributed by atoms with E-state index in [0.29, 0.717) is 18.0 Å². The van der Waals surface area contributed by atoms with Gasteiger partial charge >= 0.3 is 0 Å². The molecule has 4 aromatic carbocycles. The van der Waals surface area contributed by atoms with E-state index in [1.165, 1.54) is 39.4 Å². The Morgan fingerprint density at radius 2 is 1.41 bits per heavy atom. The van der Waals surface area contributed by atoms with Gasteiger partial charge in [0, 0.05) is 24.7 Å². The van der Waals surface area contributed by atoms with E-state index in [4.69, 9.17) is 0 Å². The molecule has 0 N–H and O–H groups in total. The summed E-state index contributed by atoms with van der Waals surface area (Å²) < 4.78 is 14.8. The number of fused-ring (bicyclic) bond motifs is 2. The number of benzene rings is 4. The highest BCUT2D eigenvalue weighted by atomic mass is 19.1. The van der Waals surface area contributed by atoms with Crippen LogP contribution in [0.2, 0.25) is 0 Å². The summed E-state index contributed by atoms with van der Waals surface area (Å²) in [5, 5.41) is 0. The van der Waals surface area contributed by atoms with E-state index >= 15 is 0 Å². The van der Waals surface area contributed by atoms with Crippen molar-refractivity contribution in [2.75, 3.05) is 13.1 Å². The van der Waals surface area contributed by atoms with Crippen LogP contribution in [0.15, 0.2) is 97.1 Å². The Hall–Kier alpha value is -3.76. The smallest absolute Gasteiger partial charge is 0.237 e. The number of carbonyl (C=O) groups excluding carboxylic acids is 1. The largest absolute Gasteiger partial charge is 0.333 e. The minimum absolute atomic E-state index is 0.00126. The van der Waals surface area contributed by atoms with Crippen molar-refractivity contribution >= 4 is 5.91 Å². The van der Waals surface area contributed by atoms with E-state index in [-0.39, 0.29) is 30.4 Å². The molecule has 0 bridgehead atoms. The van der Waals surface area contributed by atoms with E-state index in [9.17, 15) is 9.18 Å². The van der Waals surface area contributed by atoms with Crippen molar-refractivity contribution < 1.29 is 9.18 Å². The summed E-state index contributed by atoms with van der Waals surface area (Å²) in [7, 11) is 0. The fourth-order valence-electron chi connectivity index (χ4n) is 6.63. The van der Waals surface area contributed by atoms with Gasteiger partial charge in [0.2, 0.25) is 5.91 Å². The minimum Gasteiger partial charge on any atom is -0.333 e. The quantitative estimate of drug-likeness (QED) is 0.279. The van der Waals surface area contributed by atoms with Crippen LogP contribution in [0, 0.1) is 12.7 Å². The molecule has 2 atom stereocenters. The fraction of sp³-hybridized carbons (Fsp3) is 0.286. The summed E-state index contributed by atoms with van der Waals surface area (Å²) in [6, 6.07) is 32.4. The van der Waals surface area contributed by atoms with Crippen LogP contribution in [0.4, 0.5) is 4.39 Å². The molecule has 0 spiro atoms. The lowest BCUT2D eigenvalue weighted by molar-refractivity contribution is -0.136. The van der Waals surface area contributed by atoms with Crippen LogP contribution in [-0.2, 0) is 24.2 Å².